The van der Waals surface area contributed by atoms with Crippen LogP contribution >= 0.6 is 11.8 Å². The van der Waals surface area contributed by atoms with Gasteiger partial charge in [-0.15, -0.1) is 0 Å². The molecule has 0 aromatic heterocycles. The molecule has 96 valence electrons. The van der Waals surface area contributed by atoms with Crippen LogP contribution < -0.4 is 0 Å². The number of hydrogen-bond donors (Lipinski definition) is 2. The van der Waals surface area contributed by atoms with E-state index in [-0.39, 0.29) is 18.1 Å². The van der Waals surface area contributed by atoms with E-state index in [1.807, 2.05) is 6.92 Å². The van der Waals surface area contributed by atoms with Crippen LogP contribution in [-0.4, -0.2) is 60.4 Å². The van der Waals surface area contributed by atoms with E-state index in [9.17, 15) is 10.2 Å². The highest BCUT2D eigenvalue weighted by molar-refractivity contribution is 7.99. The Kier molecular flexibility index (Phi) is 6.68. The first kappa shape index (κ1) is 14.3. The van der Waals surface area contributed by atoms with Crippen LogP contribution in [0.15, 0.2) is 0 Å². The molecule has 2 N–H and O–H groups in total. The molecule has 0 saturated carbocycles. The second kappa shape index (κ2) is 7.50. The van der Waals surface area contributed by atoms with Crippen molar-refractivity contribution in [1.82, 2.24) is 0 Å². The average Bonchev–Trinajstić information content (AvgIpc) is 2.62. The van der Waals surface area contributed by atoms with Crippen molar-refractivity contribution < 1.29 is 19.7 Å². The average molecular weight is 250 g/mol. The highest BCUT2D eigenvalue weighted by Crippen LogP contribution is 2.27. The molecule has 0 aliphatic carbocycles. The van der Waals surface area contributed by atoms with Gasteiger partial charge in [0.05, 0.1) is 31.5 Å². The predicted octanol–water partition coefficient (Wildman–Crippen LogP) is 0.513. The molecule has 4 atom stereocenters. The molecule has 0 amide bonds. The van der Waals surface area contributed by atoms with Gasteiger partial charge in [-0.1, -0.05) is 0 Å². The van der Waals surface area contributed by atoms with Crippen molar-refractivity contribution in [3.8, 4) is 0 Å². The molecular weight excluding hydrogens is 228 g/mol. The van der Waals surface area contributed by atoms with Gasteiger partial charge in [-0.25, -0.2) is 0 Å². The largest absolute Gasteiger partial charge is 0.392 e. The molecule has 0 radical (unpaired) electrons. The van der Waals surface area contributed by atoms with Crippen LogP contribution in [0.5, 0.6) is 0 Å². The van der Waals surface area contributed by atoms with Gasteiger partial charge in [0, 0.05) is 12.9 Å². The van der Waals surface area contributed by atoms with Gasteiger partial charge in [0.1, 0.15) is 0 Å². The van der Waals surface area contributed by atoms with Gasteiger partial charge >= 0.3 is 0 Å². The van der Waals surface area contributed by atoms with Crippen LogP contribution in [0, 0.1) is 5.92 Å². The van der Waals surface area contributed by atoms with E-state index in [0.29, 0.717) is 19.6 Å². The number of hydrogen-bond acceptors (Lipinski definition) is 5. The summed E-state index contributed by atoms with van der Waals surface area (Å²) in [6.07, 6.45) is -0.135. The third-order valence-corrected chi connectivity index (χ3v) is 3.96. The normalized spacial score (nSPS) is 29.2. The van der Waals surface area contributed by atoms with Gasteiger partial charge in [-0.05, 0) is 25.0 Å². The maximum atomic E-state index is 9.76. The van der Waals surface area contributed by atoms with Crippen molar-refractivity contribution >= 4 is 11.8 Å². The molecule has 1 saturated heterocycles. The van der Waals surface area contributed by atoms with Crippen LogP contribution in [0.1, 0.15) is 13.3 Å². The fourth-order valence-electron chi connectivity index (χ4n) is 1.79. The smallest absolute Gasteiger partial charge is 0.0781 e. The molecule has 1 rings (SSSR count). The summed E-state index contributed by atoms with van der Waals surface area (Å²) in [6, 6.07) is 0. The first-order chi connectivity index (χ1) is 7.63. The summed E-state index contributed by atoms with van der Waals surface area (Å²) in [6.45, 7) is 2.77. The van der Waals surface area contributed by atoms with Crippen molar-refractivity contribution in [2.75, 3.05) is 31.8 Å². The van der Waals surface area contributed by atoms with Crippen LogP contribution in [-0.2, 0) is 9.47 Å². The summed E-state index contributed by atoms with van der Waals surface area (Å²) < 4.78 is 10.4. The van der Waals surface area contributed by atoms with Gasteiger partial charge < -0.3 is 19.7 Å². The third-order valence-electron chi connectivity index (χ3n) is 2.71. The van der Waals surface area contributed by atoms with E-state index in [0.717, 1.165) is 11.5 Å². The third kappa shape index (κ3) is 5.01. The molecular formula is C11H22O4S. The molecule has 1 heterocycles. The Bertz CT molecular complexity index is 191. The molecule has 16 heavy (non-hydrogen) atoms. The van der Waals surface area contributed by atoms with E-state index in [1.54, 1.807) is 18.9 Å². The SMILES string of the molecule is COCC(C)OCC(O)CC1CSCC1O. The summed E-state index contributed by atoms with van der Waals surface area (Å²) in [5.41, 5.74) is 0. The van der Waals surface area contributed by atoms with Crippen LogP contribution in [0.25, 0.3) is 0 Å². The lowest BCUT2D eigenvalue weighted by Crippen LogP contribution is -2.28. The zero-order chi connectivity index (χ0) is 12.0. The second-order valence-corrected chi connectivity index (χ2v) is 5.43. The number of methoxy groups -OCH3 is 1. The zero-order valence-corrected chi connectivity index (χ0v) is 10.8. The number of ether oxygens (including phenoxy) is 2. The maximum Gasteiger partial charge on any atom is 0.0781 e. The Hall–Kier alpha value is 0.190. The second-order valence-electron chi connectivity index (χ2n) is 4.35. The van der Waals surface area contributed by atoms with E-state index in [2.05, 4.69) is 0 Å². The van der Waals surface area contributed by atoms with Gasteiger partial charge in [0.2, 0.25) is 0 Å². The topological polar surface area (TPSA) is 58.9 Å². The van der Waals surface area contributed by atoms with Crippen molar-refractivity contribution in [3.63, 3.8) is 0 Å². The fourth-order valence-corrected chi connectivity index (χ4v) is 3.10. The van der Waals surface area contributed by atoms with Crippen LogP contribution in [0.3, 0.4) is 0 Å². The Morgan fingerprint density at radius 1 is 1.38 bits per heavy atom. The number of aliphatic hydroxyl groups excluding tert-OH is 2. The lowest BCUT2D eigenvalue weighted by Gasteiger charge is -2.19. The molecule has 4 nitrogen and oxygen atoms in total. The summed E-state index contributed by atoms with van der Waals surface area (Å²) in [7, 11) is 1.63. The lowest BCUT2D eigenvalue weighted by molar-refractivity contribution is -0.0404. The van der Waals surface area contributed by atoms with Crippen molar-refractivity contribution in [2.45, 2.75) is 31.7 Å². The minimum Gasteiger partial charge on any atom is -0.392 e. The van der Waals surface area contributed by atoms with Crippen molar-refractivity contribution in [2.24, 2.45) is 5.92 Å². The predicted molar refractivity (Wildman–Crippen MR) is 64.7 cm³/mol. The Balaban J connectivity index is 2.12. The zero-order valence-electron chi connectivity index (χ0n) is 9.96. The Morgan fingerprint density at radius 2 is 2.12 bits per heavy atom. The summed E-state index contributed by atoms with van der Waals surface area (Å²) >= 11 is 1.74. The van der Waals surface area contributed by atoms with E-state index in [1.165, 1.54) is 0 Å². The first-order valence-electron chi connectivity index (χ1n) is 5.68. The van der Waals surface area contributed by atoms with E-state index >= 15 is 0 Å². The van der Waals surface area contributed by atoms with E-state index < -0.39 is 6.10 Å². The molecule has 0 spiro atoms. The van der Waals surface area contributed by atoms with Gasteiger partial charge in [-0.2, -0.15) is 11.8 Å². The van der Waals surface area contributed by atoms with Gasteiger partial charge in [-0.3, -0.25) is 0 Å². The molecule has 0 bridgehead atoms. The molecule has 1 aliphatic heterocycles. The first-order valence-corrected chi connectivity index (χ1v) is 6.83. The van der Waals surface area contributed by atoms with Crippen LogP contribution in [0.2, 0.25) is 0 Å². The Morgan fingerprint density at radius 3 is 2.69 bits per heavy atom. The number of aliphatic hydroxyl groups is 2. The van der Waals surface area contributed by atoms with Crippen LogP contribution in [0.4, 0.5) is 0 Å². The monoisotopic (exact) mass is 250 g/mol. The Labute approximate surface area is 101 Å². The number of rotatable bonds is 7. The van der Waals surface area contributed by atoms with Gasteiger partial charge in [0.25, 0.3) is 0 Å². The molecule has 0 aromatic rings. The minimum absolute atomic E-state index is 0.00234. The molecule has 5 heteroatoms. The molecule has 1 aliphatic rings. The molecule has 4 unspecified atom stereocenters. The fraction of sp³-hybridized carbons (Fsp3) is 1.00. The standard InChI is InChI=1S/C11H22O4S/c1-8(4-14-2)15-5-10(12)3-9-6-16-7-11(9)13/h8-13H,3-7H2,1-2H3. The lowest BCUT2D eigenvalue weighted by atomic mass is 9.99. The highest BCUT2D eigenvalue weighted by Gasteiger charge is 2.27. The summed E-state index contributed by atoms with van der Waals surface area (Å²) in [5.74, 6) is 1.94. The summed E-state index contributed by atoms with van der Waals surface area (Å²) in [4.78, 5) is 0. The molecule has 0 aromatic carbocycles. The molecule has 1 fully saturated rings. The maximum absolute atomic E-state index is 9.76. The number of thioether (sulfide) groups is 1. The van der Waals surface area contributed by atoms with Gasteiger partial charge in [0.15, 0.2) is 0 Å². The van der Waals surface area contributed by atoms with E-state index in [4.69, 9.17) is 9.47 Å². The highest BCUT2D eigenvalue weighted by atomic mass is 32.2. The minimum atomic E-state index is -0.488. The van der Waals surface area contributed by atoms with Crippen molar-refractivity contribution in [3.05, 3.63) is 0 Å². The quantitative estimate of drug-likeness (QED) is 0.689. The van der Waals surface area contributed by atoms with Crippen molar-refractivity contribution in [1.29, 1.82) is 0 Å². The summed E-state index contributed by atoms with van der Waals surface area (Å²) in [5, 5.41) is 19.4.